The number of rotatable bonds is 2. The first-order chi connectivity index (χ1) is 21.7. The molecule has 8 rings (SSSR count). The SMILES string of the molecule is CN(C)c1ccc2c(c1)COC2=C1C(=O)Nc2ccc(Cl)cc21.CNc1ccc2c(c1)COC2=C1C(=O)Nc2c(F)cccc21. The van der Waals surface area contributed by atoms with Crippen molar-refractivity contribution in [3.63, 3.8) is 0 Å². The number of para-hydroxylation sites is 1. The molecule has 0 saturated carbocycles. The van der Waals surface area contributed by atoms with Crippen LogP contribution in [-0.4, -0.2) is 33.0 Å². The van der Waals surface area contributed by atoms with Crippen molar-refractivity contribution in [3.8, 4) is 0 Å². The van der Waals surface area contributed by atoms with E-state index in [9.17, 15) is 14.0 Å². The third kappa shape index (κ3) is 4.85. The molecule has 0 saturated heterocycles. The van der Waals surface area contributed by atoms with Gasteiger partial charge in [0, 0.05) is 76.6 Å². The van der Waals surface area contributed by atoms with Crippen LogP contribution < -0.4 is 20.9 Å². The molecule has 4 aliphatic rings. The second kappa shape index (κ2) is 11.0. The molecule has 0 aromatic heterocycles. The predicted octanol–water partition coefficient (Wildman–Crippen LogP) is 6.97. The molecule has 4 aromatic carbocycles. The fraction of sp³-hybridized carbons (Fsp3) is 0.143. The molecule has 3 N–H and O–H groups in total. The Bertz CT molecular complexity index is 2000. The lowest BCUT2D eigenvalue weighted by molar-refractivity contribution is -0.111. The summed E-state index contributed by atoms with van der Waals surface area (Å²) >= 11 is 6.09. The smallest absolute Gasteiger partial charge is 0.260 e. The zero-order chi connectivity index (χ0) is 31.4. The van der Waals surface area contributed by atoms with E-state index < -0.39 is 5.82 Å². The van der Waals surface area contributed by atoms with Crippen LogP contribution in [0.15, 0.2) is 72.8 Å². The maximum absolute atomic E-state index is 13.8. The van der Waals surface area contributed by atoms with E-state index in [1.165, 1.54) is 6.07 Å². The van der Waals surface area contributed by atoms with Crippen LogP contribution in [0.2, 0.25) is 5.02 Å². The van der Waals surface area contributed by atoms with Crippen molar-refractivity contribution in [2.24, 2.45) is 0 Å². The van der Waals surface area contributed by atoms with Gasteiger partial charge >= 0.3 is 0 Å². The average Bonchev–Trinajstić information content (AvgIpc) is 3.79. The number of carbonyl (C=O) groups excluding carboxylic acids is 2. The summed E-state index contributed by atoms with van der Waals surface area (Å²) in [7, 11) is 5.85. The van der Waals surface area contributed by atoms with Gasteiger partial charge in [-0.3, -0.25) is 9.59 Å². The van der Waals surface area contributed by atoms with E-state index in [1.807, 2.05) is 62.4 Å². The Labute approximate surface area is 264 Å². The van der Waals surface area contributed by atoms with Crippen molar-refractivity contribution in [3.05, 3.63) is 117 Å². The summed E-state index contributed by atoms with van der Waals surface area (Å²) in [4.78, 5) is 26.7. The van der Waals surface area contributed by atoms with Crippen molar-refractivity contribution < 1.29 is 23.5 Å². The summed E-state index contributed by atoms with van der Waals surface area (Å²) < 4.78 is 25.4. The zero-order valence-electron chi connectivity index (χ0n) is 24.7. The highest BCUT2D eigenvalue weighted by atomic mass is 35.5. The molecule has 0 aliphatic carbocycles. The molecule has 10 heteroatoms. The molecule has 0 atom stereocenters. The van der Waals surface area contributed by atoms with E-state index >= 15 is 0 Å². The number of benzene rings is 4. The van der Waals surface area contributed by atoms with Crippen molar-refractivity contribution in [2.45, 2.75) is 13.2 Å². The van der Waals surface area contributed by atoms with E-state index in [1.54, 1.807) is 24.3 Å². The summed E-state index contributed by atoms with van der Waals surface area (Å²) in [5.74, 6) is 0.218. The Morgan fingerprint density at radius 1 is 0.778 bits per heavy atom. The molecule has 0 bridgehead atoms. The maximum Gasteiger partial charge on any atom is 0.260 e. The van der Waals surface area contributed by atoms with Crippen molar-refractivity contribution in [1.29, 1.82) is 0 Å². The molecular formula is C35H28ClFN4O4. The third-order valence-corrected chi connectivity index (χ3v) is 8.40. The Balaban J connectivity index is 0.000000145. The molecule has 0 fully saturated rings. The Morgan fingerprint density at radius 3 is 2.16 bits per heavy atom. The van der Waals surface area contributed by atoms with E-state index in [4.69, 9.17) is 21.1 Å². The molecule has 4 aliphatic heterocycles. The topological polar surface area (TPSA) is 91.9 Å². The van der Waals surface area contributed by atoms with Crippen molar-refractivity contribution >= 4 is 68.8 Å². The number of anilines is 4. The lowest BCUT2D eigenvalue weighted by Crippen LogP contribution is -2.08. The summed E-state index contributed by atoms with van der Waals surface area (Å²) in [5.41, 5.74) is 9.30. The van der Waals surface area contributed by atoms with Crippen LogP contribution >= 0.6 is 11.6 Å². The molecule has 4 aromatic rings. The molecule has 0 radical (unpaired) electrons. The van der Waals surface area contributed by atoms with Gasteiger partial charge in [0.1, 0.15) is 30.5 Å². The van der Waals surface area contributed by atoms with Gasteiger partial charge in [-0.2, -0.15) is 0 Å². The number of carbonyl (C=O) groups is 2. The number of ether oxygens (including phenoxy) is 2. The van der Waals surface area contributed by atoms with Gasteiger partial charge in [-0.05, 0) is 60.7 Å². The minimum atomic E-state index is -0.440. The minimum Gasteiger partial charge on any atom is -0.487 e. The normalized spacial score (nSPS) is 18.4. The predicted molar refractivity (Wildman–Crippen MR) is 175 cm³/mol. The van der Waals surface area contributed by atoms with Crippen LogP contribution in [0.3, 0.4) is 0 Å². The van der Waals surface area contributed by atoms with Crippen LogP contribution in [0.1, 0.15) is 33.4 Å². The summed E-state index contributed by atoms with van der Waals surface area (Å²) in [6.45, 7) is 0.876. The van der Waals surface area contributed by atoms with Gasteiger partial charge in [-0.15, -0.1) is 0 Å². The zero-order valence-corrected chi connectivity index (χ0v) is 25.4. The van der Waals surface area contributed by atoms with Gasteiger partial charge in [0.15, 0.2) is 0 Å². The van der Waals surface area contributed by atoms with E-state index in [0.29, 0.717) is 46.5 Å². The number of hydrogen-bond donors (Lipinski definition) is 3. The molecule has 2 amide bonds. The van der Waals surface area contributed by atoms with Crippen LogP contribution in [0, 0.1) is 5.82 Å². The quantitative estimate of drug-likeness (QED) is 0.209. The van der Waals surface area contributed by atoms with Gasteiger partial charge in [0.2, 0.25) is 0 Å². The highest BCUT2D eigenvalue weighted by Crippen LogP contribution is 2.44. The summed E-state index contributed by atoms with van der Waals surface area (Å²) in [6.07, 6.45) is 0. The second-order valence-corrected chi connectivity index (χ2v) is 11.5. The molecule has 45 heavy (non-hydrogen) atoms. The standard InChI is InChI=1S/C18H15ClN2O2.C17H13FN2O2/c1-21(2)12-4-5-13-10(7-12)9-23-17(13)16-14-8-11(19)3-6-15(14)20-18(16)22;1-19-10-5-6-11-9(7-10)8-22-16(11)14-12-3-2-4-13(18)15(12)20-17(14)21/h3-8H,9H2,1-2H3,(H,20,22);2-7,19H,8H2,1H3,(H,20,21). The number of nitrogens with one attached hydrogen (secondary N) is 3. The first kappa shape index (κ1) is 28.5. The molecule has 0 spiro atoms. The highest BCUT2D eigenvalue weighted by Gasteiger charge is 2.34. The monoisotopic (exact) mass is 622 g/mol. The fourth-order valence-electron chi connectivity index (χ4n) is 5.91. The third-order valence-electron chi connectivity index (χ3n) is 8.16. The number of halogens is 2. The summed E-state index contributed by atoms with van der Waals surface area (Å²) in [6, 6.07) is 22.0. The van der Waals surface area contributed by atoms with Gasteiger partial charge in [0.05, 0.1) is 16.8 Å². The van der Waals surface area contributed by atoms with Crippen molar-refractivity contribution in [2.75, 3.05) is 42.0 Å². The van der Waals surface area contributed by atoms with E-state index in [-0.39, 0.29) is 17.5 Å². The number of hydrogen-bond acceptors (Lipinski definition) is 6. The molecule has 4 heterocycles. The Hall–Kier alpha value is -5.28. The van der Waals surface area contributed by atoms with Crippen LogP contribution in [0.5, 0.6) is 0 Å². The van der Waals surface area contributed by atoms with Gasteiger partial charge in [-0.25, -0.2) is 4.39 Å². The fourth-order valence-corrected chi connectivity index (χ4v) is 6.08. The number of amides is 2. The van der Waals surface area contributed by atoms with Gasteiger partial charge < -0.3 is 30.3 Å². The first-order valence-electron chi connectivity index (χ1n) is 14.3. The van der Waals surface area contributed by atoms with Gasteiger partial charge in [-0.1, -0.05) is 23.7 Å². The molecule has 226 valence electrons. The minimum absolute atomic E-state index is 0.151. The van der Waals surface area contributed by atoms with E-state index in [2.05, 4.69) is 22.0 Å². The van der Waals surface area contributed by atoms with Gasteiger partial charge in [0.25, 0.3) is 11.8 Å². The molecule has 0 unspecified atom stereocenters. The first-order valence-corrected chi connectivity index (χ1v) is 14.7. The second-order valence-electron chi connectivity index (χ2n) is 11.1. The summed E-state index contributed by atoms with van der Waals surface area (Å²) in [5, 5.41) is 9.12. The number of nitrogens with zero attached hydrogens (tertiary/aromatic N) is 1. The molecular weight excluding hydrogens is 595 g/mol. The Kier molecular flexibility index (Phi) is 6.97. The van der Waals surface area contributed by atoms with Crippen LogP contribution in [0.4, 0.5) is 27.1 Å². The van der Waals surface area contributed by atoms with Crippen molar-refractivity contribution in [1.82, 2.24) is 0 Å². The Morgan fingerprint density at radius 2 is 1.44 bits per heavy atom. The van der Waals surface area contributed by atoms with E-state index in [0.717, 1.165) is 44.9 Å². The molecule has 8 nitrogen and oxygen atoms in total. The highest BCUT2D eigenvalue weighted by molar-refractivity contribution is 6.38. The van der Waals surface area contributed by atoms with Crippen LogP contribution in [0.25, 0.3) is 22.7 Å². The average molecular weight is 623 g/mol. The lowest BCUT2D eigenvalue weighted by Gasteiger charge is -2.13. The largest absolute Gasteiger partial charge is 0.487 e. The number of fused-ring (bicyclic) bond motifs is 4. The maximum atomic E-state index is 13.8. The van der Waals surface area contributed by atoms with Crippen LogP contribution in [-0.2, 0) is 32.3 Å². The lowest BCUT2D eigenvalue weighted by atomic mass is 10.00.